The monoisotopic (exact) mass is 291 g/mol. The maximum atomic E-state index is 12.1. The van der Waals surface area contributed by atoms with Gasteiger partial charge in [-0.25, -0.2) is 0 Å². The van der Waals surface area contributed by atoms with Crippen LogP contribution in [-0.2, 0) is 4.74 Å². The molecule has 1 fully saturated rings. The Bertz CT molecular complexity index is 500. The minimum absolute atomic E-state index is 0.0470. The van der Waals surface area contributed by atoms with Gasteiger partial charge in [0.1, 0.15) is 0 Å². The first kappa shape index (κ1) is 13.8. The number of thiophene rings is 1. The third-order valence-corrected chi connectivity index (χ3v) is 5.13. The Labute approximate surface area is 124 Å². The summed E-state index contributed by atoms with van der Waals surface area (Å²) in [4.78, 5) is 14.1. The molecule has 20 heavy (non-hydrogen) atoms. The maximum absolute atomic E-state index is 12.1. The van der Waals surface area contributed by atoms with Crippen molar-refractivity contribution >= 4 is 17.2 Å². The molecule has 3 rings (SSSR count). The van der Waals surface area contributed by atoms with Crippen molar-refractivity contribution in [1.29, 1.82) is 0 Å². The van der Waals surface area contributed by atoms with Gasteiger partial charge >= 0.3 is 0 Å². The smallest absolute Gasteiger partial charge is 0.261 e. The van der Waals surface area contributed by atoms with Crippen LogP contribution in [-0.4, -0.2) is 19.1 Å². The van der Waals surface area contributed by atoms with E-state index in [4.69, 9.17) is 4.74 Å². The number of allylic oxidation sites excluding steroid dienone is 1. The summed E-state index contributed by atoms with van der Waals surface area (Å²) < 4.78 is 5.66. The van der Waals surface area contributed by atoms with Gasteiger partial charge in [-0.1, -0.05) is 11.6 Å². The zero-order valence-electron chi connectivity index (χ0n) is 11.7. The van der Waals surface area contributed by atoms with E-state index in [-0.39, 0.29) is 12.0 Å². The van der Waals surface area contributed by atoms with E-state index in [2.05, 4.69) is 11.4 Å². The Hall–Kier alpha value is -1.13. The number of nitrogens with one attached hydrogen (secondary N) is 1. The van der Waals surface area contributed by atoms with Gasteiger partial charge in [0.05, 0.1) is 11.0 Å². The van der Waals surface area contributed by atoms with E-state index in [0.717, 1.165) is 37.2 Å². The van der Waals surface area contributed by atoms with E-state index >= 15 is 0 Å². The van der Waals surface area contributed by atoms with Crippen molar-refractivity contribution in [3.63, 3.8) is 0 Å². The largest absolute Gasteiger partial charge is 0.373 e. The van der Waals surface area contributed by atoms with Crippen molar-refractivity contribution in [2.45, 2.75) is 44.6 Å². The van der Waals surface area contributed by atoms with Gasteiger partial charge in [-0.2, -0.15) is 0 Å². The van der Waals surface area contributed by atoms with Gasteiger partial charge in [-0.15, -0.1) is 11.3 Å². The van der Waals surface area contributed by atoms with Gasteiger partial charge in [-0.3, -0.25) is 4.79 Å². The van der Waals surface area contributed by atoms with Crippen LogP contribution >= 0.6 is 11.3 Å². The molecule has 2 aliphatic rings. The Kier molecular flexibility index (Phi) is 4.53. The van der Waals surface area contributed by atoms with Crippen LogP contribution in [0.25, 0.3) is 0 Å². The van der Waals surface area contributed by atoms with E-state index in [0.29, 0.717) is 6.54 Å². The van der Waals surface area contributed by atoms with Gasteiger partial charge in [0.2, 0.25) is 0 Å². The van der Waals surface area contributed by atoms with Crippen LogP contribution in [0.4, 0.5) is 0 Å². The van der Waals surface area contributed by atoms with Crippen LogP contribution in [0.2, 0.25) is 0 Å². The van der Waals surface area contributed by atoms with Gasteiger partial charge in [-0.05, 0) is 50.7 Å². The van der Waals surface area contributed by atoms with E-state index in [9.17, 15) is 4.79 Å². The fraction of sp³-hybridized carbons (Fsp3) is 0.562. The zero-order chi connectivity index (χ0) is 13.8. The summed E-state index contributed by atoms with van der Waals surface area (Å²) in [6.45, 7) is 1.55. The lowest BCUT2D eigenvalue weighted by molar-refractivity contribution is 0.0960. The van der Waals surface area contributed by atoms with Crippen LogP contribution in [0.1, 0.15) is 59.2 Å². The fourth-order valence-electron chi connectivity index (χ4n) is 2.80. The van der Waals surface area contributed by atoms with Gasteiger partial charge in [0.25, 0.3) is 5.91 Å². The van der Waals surface area contributed by atoms with Crippen molar-refractivity contribution < 1.29 is 9.53 Å². The second-order valence-electron chi connectivity index (χ2n) is 5.49. The quantitative estimate of drug-likeness (QED) is 0.856. The van der Waals surface area contributed by atoms with E-state index in [1.54, 1.807) is 11.3 Å². The summed E-state index contributed by atoms with van der Waals surface area (Å²) in [5.41, 5.74) is 1.38. The molecule has 1 amide bonds. The SMILES string of the molecule is O=C(NCC1=CCCCC1)c1ccc([C@@H]2CCCO2)s1. The highest BCUT2D eigenvalue weighted by atomic mass is 32.1. The van der Waals surface area contributed by atoms with Crippen LogP contribution in [0.15, 0.2) is 23.8 Å². The molecule has 1 aromatic heterocycles. The van der Waals surface area contributed by atoms with Crippen LogP contribution in [0, 0.1) is 0 Å². The van der Waals surface area contributed by atoms with E-state index in [1.807, 2.05) is 12.1 Å². The highest BCUT2D eigenvalue weighted by Crippen LogP contribution is 2.33. The van der Waals surface area contributed by atoms with E-state index < -0.39 is 0 Å². The lowest BCUT2D eigenvalue weighted by Crippen LogP contribution is -2.25. The molecule has 1 atom stereocenters. The standard InChI is InChI=1S/C16H21NO2S/c18-16(17-11-12-5-2-1-3-6-12)15-9-8-14(20-15)13-7-4-10-19-13/h5,8-9,13H,1-4,6-7,10-11H2,(H,17,18)/t13-/m0/s1. The molecule has 1 N–H and O–H groups in total. The molecule has 0 unspecified atom stereocenters. The summed E-state index contributed by atoms with van der Waals surface area (Å²) in [5, 5.41) is 3.03. The highest BCUT2D eigenvalue weighted by Gasteiger charge is 2.20. The topological polar surface area (TPSA) is 38.3 Å². The summed E-state index contributed by atoms with van der Waals surface area (Å²) in [6.07, 6.45) is 9.52. The highest BCUT2D eigenvalue weighted by molar-refractivity contribution is 7.14. The fourth-order valence-corrected chi connectivity index (χ4v) is 3.80. The number of carbonyl (C=O) groups excluding carboxylic acids is 1. The second-order valence-corrected chi connectivity index (χ2v) is 6.61. The minimum atomic E-state index is 0.0470. The molecule has 2 heterocycles. The lowest BCUT2D eigenvalue weighted by Gasteiger charge is -2.12. The minimum Gasteiger partial charge on any atom is -0.373 e. The first-order chi connectivity index (χ1) is 9.83. The molecular formula is C16H21NO2S. The number of carbonyl (C=O) groups is 1. The molecule has 4 heteroatoms. The average molecular weight is 291 g/mol. The van der Waals surface area contributed by atoms with Crippen molar-refractivity contribution in [2.75, 3.05) is 13.2 Å². The molecule has 1 aliphatic carbocycles. The third-order valence-electron chi connectivity index (χ3n) is 3.96. The molecule has 0 radical (unpaired) electrons. The predicted octanol–water partition coefficient (Wildman–Crippen LogP) is 3.83. The number of hydrogen-bond donors (Lipinski definition) is 1. The second kappa shape index (κ2) is 6.55. The molecule has 108 valence electrons. The Morgan fingerprint density at radius 2 is 2.30 bits per heavy atom. The van der Waals surface area contributed by atoms with Crippen molar-refractivity contribution in [2.24, 2.45) is 0 Å². The molecule has 0 saturated carbocycles. The van der Waals surface area contributed by atoms with Crippen molar-refractivity contribution in [3.05, 3.63) is 33.5 Å². The first-order valence-electron chi connectivity index (χ1n) is 7.50. The molecule has 3 nitrogen and oxygen atoms in total. The number of ether oxygens (including phenoxy) is 1. The Morgan fingerprint density at radius 3 is 3.05 bits per heavy atom. The van der Waals surface area contributed by atoms with Crippen LogP contribution in [0.3, 0.4) is 0 Å². The molecule has 0 bridgehead atoms. The van der Waals surface area contributed by atoms with Gasteiger partial charge in [0, 0.05) is 18.0 Å². The maximum Gasteiger partial charge on any atom is 0.261 e. The third kappa shape index (κ3) is 3.30. The van der Waals surface area contributed by atoms with Crippen molar-refractivity contribution in [3.8, 4) is 0 Å². The lowest BCUT2D eigenvalue weighted by atomic mass is 10.00. The van der Waals surface area contributed by atoms with Crippen molar-refractivity contribution in [1.82, 2.24) is 5.32 Å². The Morgan fingerprint density at radius 1 is 1.35 bits per heavy atom. The summed E-state index contributed by atoms with van der Waals surface area (Å²) in [5.74, 6) is 0.0470. The molecular weight excluding hydrogens is 270 g/mol. The van der Waals surface area contributed by atoms with Crippen LogP contribution < -0.4 is 5.32 Å². The van der Waals surface area contributed by atoms with Gasteiger partial charge in [0.15, 0.2) is 0 Å². The van der Waals surface area contributed by atoms with E-state index in [1.165, 1.54) is 23.3 Å². The molecule has 1 saturated heterocycles. The average Bonchev–Trinajstić information content (AvgIpc) is 3.16. The van der Waals surface area contributed by atoms with Gasteiger partial charge < -0.3 is 10.1 Å². The molecule has 0 spiro atoms. The number of rotatable bonds is 4. The summed E-state index contributed by atoms with van der Waals surface area (Å²) in [7, 11) is 0. The Balaban J connectivity index is 1.55. The van der Waals surface area contributed by atoms with Crippen LogP contribution in [0.5, 0.6) is 0 Å². The first-order valence-corrected chi connectivity index (χ1v) is 8.32. The zero-order valence-corrected chi connectivity index (χ0v) is 12.5. The summed E-state index contributed by atoms with van der Waals surface area (Å²) in [6, 6.07) is 3.96. The molecule has 1 aliphatic heterocycles. The number of hydrogen-bond acceptors (Lipinski definition) is 3. The normalized spacial score (nSPS) is 22.6. The molecule has 1 aromatic rings. The summed E-state index contributed by atoms with van der Waals surface area (Å²) >= 11 is 1.57. The number of amides is 1. The molecule has 0 aromatic carbocycles. The predicted molar refractivity (Wildman–Crippen MR) is 81.1 cm³/mol.